The number of aryl methyl sites for hydroxylation is 1. The van der Waals surface area contributed by atoms with Gasteiger partial charge in [0.1, 0.15) is 5.60 Å². The van der Waals surface area contributed by atoms with E-state index in [-0.39, 0.29) is 6.09 Å². The van der Waals surface area contributed by atoms with Crippen LogP contribution in [0.15, 0.2) is 22.7 Å². The number of piperidine rings is 1. The highest BCUT2D eigenvalue weighted by molar-refractivity contribution is 9.10. The zero-order valence-corrected chi connectivity index (χ0v) is 16.8. The van der Waals surface area contributed by atoms with Gasteiger partial charge in [0, 0.05) is 17.6 Å². The summed E-state index contributed by atoms with van der Waals surface area (Å²) in [6, 6.07) is 6.43. The molecule has 1 aliphatic heterocycles. The number of alkyl carbamates (subject to hydrolysis) is 1. The fourth-order valence-electron chi connectivity index (χ4n) is 2.96. The number of ether oxygens (including phenoxy) is 1. The third kappa shape index (κ3) is 6.10. The van der Waals surface area contributed by atoms with E-state index in [9.17, 15) is 4.79 Å². The number of rotatable bonds is 4. The molecular weight excluding hydrogens is 368 g/mol. The van der Waals surface area contributed by atoms with Crippen LogP contribution in [-0.2, 0) is 11.3 Å². The van der Waals surface area contributed by atoms with Gasteiger partial charge in [-0.2, -0.15) is 0 Å². The number of carbonyl (C=O) groups excluding carboxylic acids is 1. The minimum absolute atomic E-state index is 0.311. The second-order valence-electron chi connectivity index (χ2n) is 7.65. The molecule has 0 bridgehead atoms. The second kappa shape index (κ2) is 8.34. The summed E-state index contributed by atoms with van der Waals surface area (Å²) >= 11 is 3.70. The van der Waals surface area contributed by atoms with Gasteiger partial charge in [-0.3, -0.25) is 4.90 Å². The van der Waals surface area contributed by atoms with Crippen molar-refractivity contribution in [2.24, 2.45) is 5.92 Å². The minimum Gasteiger partial charge on any atom is -0.444 e. The summed E-state index contributed by atoms with van der Waals surface area (Å²) in [6.07, 6.45) is 1.91. The highest BCUT2D eigenvalue weighted by atomic mass is 79.9. The molecule has 1 N–H and O–H groups in total. The zero-order chi connectivity index (χ0) is 17.7. The first-order valence-electron chi connectivity index (χ1n) is 8.68. The maximum Gasteiger partial charge on any atom is 0.407 e. The van der Waals surface area contributed by atoms with Crippen LogP contribution in [0.5, 0.6) is 0 Å². The summed E-state index contributed by atoms with van der Waals surface area (Å²) in [6.45, 7) is 11.6. The predicted molar refractivity (Wildman–Crippen MR) is 101 cm³/mol. The molecule has 1 amide bonds. The summed E-state index contributed by atoms with van der Waals surface area (Å²) in [5.41, 5.74) is 2.19. The summed E-state index contributed by atoms with van der Waals surface area (Å²) in [5.74, 6) is 0.537. The Bertz CT molecular complexity index is 561. The number of nitrogens with one attached hydrogen (secondary N) is 1. The third-order valence-corrected chi connectivity index (χ3v) is 5.44. The van der Waals surface area contributed by atoms with E-state index in [1.54, 1.807) is 0 Å². The van der Waals surface area contributed by atoms with Crippen molar-refractivity contribution in [3.63, 3.8) is 0 Å². The lowest BCUT2D eigenvalue weighted by atomic mass is 9.96. The lowest BCUT2D eigenvalue weighted by Gasteiger charge is -2.32. The number of likely N-dealkylation sites (tertiary alicyclic amines) is 1. The predicted octanol–water partition coefficient (Wildman–Crippen LogP) is 4.49. The molecule has 1 aliphatic rings. The largest absolute Gasteiger partial charge is 0.444 e. The van der Waals surface area contributed by atoms with E-state index in [4.69, 9.17) is 4.74 Å². The number of benzene rings is 1. The molecule has 1 aromatic rings. The fraction of sp³-hybridized carbons (Fsp3) is 0.632. The third-order valence-electron chi connectivity index (χ3n) is 4.31. The number of nitrogens with zero attached hydrogens (tertiary/aromatic N) is 1. The van der Waals surface area contributed by atoms with E-state index in [1.165, 1.54) is 15.6 Å². The molecule has 1 aromatic carbocycles. The van der Waals surface area contributed by atoms with Gasteiger partial charge >= 0.3 is 6.09 Å². The minimum atomic E-state index is -0.436. The normalized spacial score (nSPS) is 16.9. The summed E-state index contributed by atoms with van der Waals surface area (Å²) in [7, 11) is 0. The van der Waals surface area contributed by atoms with Crippen molar-refractivity contribution >= 4 is 22.0 Å². The van der Waals surface area contributed by atoms with Crippen LogP contribution in [0, 0.1) is 12.8 Å². The molecule has 0 radical (unpaired) electrons. The Morgan fingerprint density at radius 1 is 1.33 bits per heavy atom. The SMILES string of the molecule is Cc1cccc(CN2CCC(CNC(=O)OC(C)(C)C)CC2)c1Br. The Balaban J connectivity index is 1.73. The van der Waals surface area contributed by atoms with Gasteiger partial charge in [0.05, 0.1) is 0 Å². The molecule has 0 saturated carbocycles. The number of halogens is 1. The molecule has 2 rings (SSSR count). The highest BCUT2D eigenvalue weighted by Crippen LogP contribution is 2.25. The smallest absolute Gasteiger partial charge is 0.407 e. The van der Waals surface area contributed by atoms with Crippen molar-refractivity contribution in [3.8, 4) is 0 Å². The Morgan fingerprint density at radius 2 is 2.00 bits per heavy atom. The van der Waals surface area contributed by atoms with E-state index >= 15 is 0 Å². The van der Waals surface area contributed by atoms with Crippen molar-refractivity contribution in [3.05, 3.63) is 33.8 Å². The fourth-order valence-corrected chi connectivity index (χ4v) is 3.35. The number of hydrogen-bond acceptors (Lipinski definition) is 3. The summed E-state index contributed by atoms with van der Waals surface area (Å²) in [5, 5.41) is 2.90. The Morgan fingerprint density at radius 3 is 2.62 bits per heavy atom. The standard InChI is InChI=1S/C19H29BrN2O2/c1-14-6-5-7-16(17(14)20)13-22-10-8-15(9-11-22)12-21-18(23)24-19(2,3)4/h5-7,15H,8-13H2,1-4H3,(H,21,23). The topological polar surface area (TPSA) is 41.6 Å². The molecule has 0 aromatic heterocycles. The lowest BCUT2D eigenvalue weighted by molar-refractivity contribution is 0.0509. The average Bonchev–Trinajstić information content (AvgIpc) is 2.49. The van der Waals surface area contributed by atoms with Crippen LogP contribution < -0.4 is 5.32 Å². The monoisotopic (exact) mass is 396 g/mol. The zero-order valence-electron chi connectivity index (χ0n) is 15.2. The van der Waals surface area contributed by atoms with Crippen molar-refractivity contribution in [1.29, 1.82) is 0 Å². The van der Waals surface area contributed by atoms with Gasteiger partial charge in [-0.15, -0.1) is 0 Å². The lowest BCUT2D eigenvalue weighted by Crippen LogP contribution is -2.40. The van der Waals surface area contributed by atoms with Gasteiger partial charge in [0.25, 0.3) is 0 Å². The van der Waals surface area contributed by atoms with Crippen LogP contribution >= 0.6 is 15.9 Å². The molecular formula is C19H29BrN2O2. The molecule has 0 spiro atoms. The molecule has 0 atom stereocenters. The van der Waals surface area contributed by atoms with Crippen molar-refractivity contribution < 1.29 is 9.53 Å². The molecule has 0 unspecified atom stereocenters. The molecule has 134 valence electrons. The first kappa shape index (κ1) is 19.3. The Kier molecular flexibility index (Phi) is 6.70. The van der Waals surface area contributed by atoms with Gasteiger partial charge in [-0.05, 0) is 70.7 Å². The summed E-state index contributed by atoms with van der Waals surface area (Å²) in [4.78, 5) is 14.2. The van der Waals surface area contributed by atoms with Crippen molar-refractivity contribution in [1.82, 2.24) is 10.2 Å². The molecule has 1 saturated heterocycles. The van der Waals surface area contributed by atoms with E-state index in [2.05, 4.69) is 51.3 Å². The molecule has 24 heavy (non-hydrogen) atoms. The van der Waals surface area contributed by atoms with Crippen LogP contribution in [0.2, 0.25) is 0 Å². The van der Waals surface area contributed by atoms with Gasteiger partial charge in [0.2, 0.25) is 0 Å². The van der Waals surface area contributed by atoms with E-state index in [0.29, 0.717) is 12.5 Å². The van der Waals surface area contributed by atoms with Crippen LogP contribution in [0.25, 0.3) is 0 Å². The Labute approximate surface area is 154 Å². The van der Waals surface area contributed by atoms with Crippen LogP contribution in [0.3, 0.4) is 0 Å². The Hall–Kier alpha value is -1.07. The van der Waals surface area contributed by atoms with Gasteiger partial charge < -0.3 is 10.1 Å². The van der Waals surface area contributed by atoms with E-state index in [0.717, 1.165) is 32.5 Å². The molecule has 4 nitrogen and oxygen atoms in total. The number of hydrogen-bond donors (Lipinski definition) is 1. The number of amides is 1. The van der Waals surface area contributed by atoms with Crippen LogP contribution in [0.4, 0.5) is 4.79 Å². The quantitative estimate of drug-likeness (QED) is 0.814. The van der Waals surface area contributed by atoms with E-state index in [1.807, 2.05) is 20.8 Å². The first-order valence-corrected chi connectivity index (χ1v) is 9.47. The van der Waals surface area contributed by atoms with E-state index < -0.39 is 5.60 Å². The van der Waals surface area contributed by atoms with Gasteiger partial charge in [-0.1, -0.05) is 34.1 Å². The molecule has 0 aliphatic carbocycles. The van der Waals surface area contributed by atoms with Gasteiger partial charge in [-0.25, -0.2) is 4.79 Å². The van der Waals surface area contributed by atoms with Crippen LogP contribution in [0.1, 0.15) is 44.7 Å². The maximum atomic E-state index is 11.7. The second-order valence-corrected chi connectivity index (χ2v) is 8.44. The molecule has 1 fully saturated rings. The van der Waals surface area contributed by atoms with Crippen molar-refractivity contribution in [2.45, 2.75) is 52.7 Å². The first-order chi connectivity index (χ1) is 11.2. The molecule has 5 heteroatoms. The highest BCUT2D eigenvalue weighted by Gasteiger charge is 2.22. The van der Waals surface area contributed by atoms with Gasteiger partial charge in [0.15, 0.2) is 0 Å². The average molecular weight is 397 g/mol. The summed E-state index contributed by atoms with van der Waals surface area (Å²) < 4.78 is 6.51. The molecule has 1 heterocycles. The number of carbonyl (C=O) groups is 1. The van der Waals surface area contributed by atoms with Crippen molar-refractivity contribution in [2.75, 3.05) is 19.6 Å². The van der Waals surface area contributed by atoms with Crippen LogP contribution in [-0.4, -0.2) is 36.2 Å². The maximum absolute atomic E-state index is 11.7.